The number of rotatable bonds is 2. The Morgan fingerprint density at radius 2 is 2.00 bits per heavy atom. The molecule has 130 valence electrons. The van der Waals surface area contributed by atoms with Gasteiger partial charge in [-0.3, -0.25) is 9.78 Å². The van der Waals surface area contributed by atoms with Crippen molar-refractivity contribution >= 4 is 51.3 Å². The van der Waals surface area contributed by atoms with Gasteiger partial charge in [-0.05, 0) is 35.8 Å². The number of hydrogen-bond acceptors (Lipinski definition) is 4. The van der Waals surface area contributed by atoms with E-state index in [9.17, 15) is 9.59 Å². The van der Waals surface area contributed by atoms with Gasteiger partial charge in [0.25, 0.3) is 5.91 Å². The second kappa shape index (κ2) is 5.53. The summed E-state index contributed by atoms with van der Waals surface area (Å²) in [4.78, 5) is 31.2. The number of nitrogens with one attached hydrogen (secondary N) is 1. The van der Waals surface area contributed by atoms with Gasteiger partial charge < -0.3 is 5.32 Å². The summed E-state index contributed by atoms with van der Waals surface area (Å²) in [7, 11) is 0. The van der Waals surface area contributed by atoms with Crippen molar-refractivity contribution in [2.75, 3.05) is 4.90 Å². The maximum absolute atomic E-state index is 13.1. The maximum atomic E-state index is 13.1. The van der Waals surface area contributed by atoms with Crippen molar-refractivity contribution in [2.24, 2.45) is 0 Å². The lowest BCUT2D eigenvalue weighted by molar-refractivity contribution is -0.125. The van der Waals surface area contributed by atoms with Crippen LogP contribution >= 0.6 is 22.9 Å². The molecule has 5 nitrogen and oxygen atoms in total. The lowest BCUT2D eigenvalue weighted by Crippen LogP contribution is -2.56. The molecule has 1 aliphatic carbocycles. The fraction of sp³-hybridized carbons (Fsp3) is 0.211. The lowest BCUT2D eigenvalue weighted by atomic mass is 9.66. The molecule has 1 N–H and O–H groups in total. The van der Waals surface area contributed by atoms with Crippen LogP contribution in [0.5, 0.6) is 0 Å². The first-order valence-electron chi connectivity index (χ1n) is 8.31. The number of imide groups is 1. The number of thiophene rings is 1. The van der Waals surface area contributed by atoms with Gasteiger partial charge in [0.1, 0.15) is 5.54 Å². The molecule has 2 fully saturated rings. The van der Waals surface area contributed by atoms with E-state index in [1.54, 1.807) is 12.4 Å². The number of pyridine rings is 1. The first-order valence-corrected chi connectivity index (χ1v) is 9.57. The molecule has 2 aliphatic rings. The highest BCUT2D eigenvalue weighted by Crippen LogP contribution is 2.51. The highest BCUT2D eigenvalue weighted by Gasteiger charge is 2.59. The number of aromatic nitrogens is 1. The van der Waals surface area contributed by atoms with E-state index in [4.69, 9.17) is 11.6 Å². The average Bonchev–Trinajstić information content (AvgIpc) is 3.14. The summed E-state index contributed by atoms with van der Waals surface area (Å²) in [6, 6.07) is 9.21. The Balaban J connectivity index is 1.49. The third kappa shape index (κ3) is 2.12. The quantitative estimate of drug-likeness (QED) is 0.670. The number of urea groups is 1. The van der Waals surface area contributed by atoms with Crippen molar-refractivity contribution in [3.8, 4) is 0 Å². The van der Waals surface area contributed by atoms with Crippen LogP contribution in [0.3, 0.4) is 0 Å². The van der Waals surface area contributed by atoms with Crippen LogP contribution in [0, 0.1) is 0 Å². The van der Waals surface area contributed by atoms with Crippen LogP contribution in [0.25, 0.3) is 10.8 Å². The Labute approximate surface area is 158 Å². The SMILES string of the molecule is O=C1NC2(CC(c3ccsc3Cl)C2)C(=O)N1c1cncc2ccccc12. The summed E-state index contributed by atoms with van der Waals surface area (Å²) in [5, 5.41) is 6.59. The van der Waals surface area contributed by atoms with E-state index >= 15 is 0 Å². The van der Waals surface area contributed by atoms with Crippen molar-refractivity contribution in [3.05, 3.63) is 58.0 Å². The van der Waals surface area contributed by atoms with E-state index in [1.807, 2.05) is 35.7 Å². The van der Waals surface area contributed by atoms with Gasteiger partial charge in [0.05, 0.1) is 16.2 Å². The lowest BCUT2D eigenvalue weighted by Gasteiger charge is -2.42. The van der Waals surface area contributed by atoms with Gasteiger partial charge in [0.2, 0.25) is 0 Å². The molecular weight excluding hydrogens is 370 g/mol. The molecule has 0 bridgehead atoms. The minimum absolute atomic E-state index is 0.198. The average molecular weight is 384 g/mol. The van der Waals surface area contributed by atoms with Crippen LogP contribution < -0.4 is 10.2 Å². The first kappa shape index (κ1) is 15.8. The molecule has 3 amide bonds. The Morgan fingerprint density at radius 3 is 2.77 bits per heavy atom. The van der Waals surface area contributed by atoms with Crippen molar-refractivity contribution in [2.45, 2.75) is 24.3 Å². The van der Waals surface area contributed by atoms with Crippen molar-refractivity contribution in [1.29, 1.82) is 0 Å². The number of anilines is 1. The van der Waals surface area contributed by atoms with E-state index in [2.05, 4.69) is 10.3 Å². The predicted molar refractivity (Wildman–Crippen MR) is 102 cm³/mol. The number of hydrogen-bond donors (Lipinski definition) is 1. The summed E-state index contributed by atoms with van der Waals surface area (Å²) < 4.78 is 0.761. The Hall–Kier alpha value is -2.44. The standard InChI is InChI=1S/C19H14ClN3O2S/c20-16-14(5-6-26-16)12-7-19(8-12)17(24)23(18(25)22-19)15-10-21-9-11-3-1-2-4-13(11)15/h1-6,9-10,12H,7-8H2,(H,22,25). The molecule has 3 heterocycles. The molecule has 2 aromatic heterocycles. The van der Waals surface area contributed by atoms with E-state index in [0.29, 0.717) is 18.5 Å². The first-order chi connectivity index (χ1) is 12.6. The Morgan fingerprint density at radius 1 is 1.19 bits per heavy atom. The highest BCUT2D eigenvalue weighted by molar-refractivity contribution is 7.14. The zero-order chi connectivity index (χ0) is 17.9. The molecule has 1 aliphatic heterocycles. The third-order valence-electron chi connectivity index (χ3n) is 5.33. The minimum Gasteiger partial charge on any atom is -0.323 e. The number of halogens is 1. The highest BCUT2D eigenvalue weighted by atomic mass is 35.5. The number of nitrogens with zero attached hydrogens (tertiary/aromatic N) is 2. The molecule has 0 radical (unpaired) electrons. The van der Waals surface area contributed by atoms with E-state index in [0.717, 1.165) is 20.7 Å². The smallest absolute Gasteiger partial charge is 0.323 e. The molecule has 1 aromatic carbocycles. The number of carbonyl (C=O) groups is 2. The fourth-order valence-electron chi connectivity index (χ4n) is 3.99. The summed E-state index contributed by atoms with van der Waals surface area (Å²) >= 11 is 7.71. The Bertz CT molecular complexity index is 1050. The summed E-state index contributed by atoms with van der Waals surface area (Å²) in [6.45, 7) is 0. The fourth-order valence-corrected chi connectivity index (χ4v) is 5.07. The Kier molecular flexibility index (Phi) is 3.36. The minimum atomic E-state index is -0.829. The molecule has 1 saturated heterocycles. The van der Waals surface area contributed by atoms with Crippen LogP contribution in [0.15, 0.2) is 48.1 Å². The van der Waals surface area contributed by atoms with E-state index in [1.165, 1.54) is 16.2 Å². The van der Waals surface area contributed by atoms with Crippen LogP contribution in [0.2, 0.25) is 4.34 Å². The number of carbonyl (C=O) groups excluding carboxylic acids is 2. The topological polar surface area (TPSA) is 62.3 Å². The number of amides is 3. The predicted octanol–water partition coefficient (Wildman–Crippen LogP) is 4.32. The van der Waals surface area contributed by atoms with Gasteiger partial charge in [0.15, 0.2) is 0 Å². The van der Waals surface area contributed by atoms with Crippen LogP contribution in [0.4, 0.5) is 10.5 Å². The van der Waals surface area contributed by atoms with Crippen LogP contribution in [0.1, 0.15) is 24.3 Å². The van der Waals surface area contributed by atoms with Gasteiger partial charge in [-0.1, -0.05) is 35.9 Å². The number of benzene rings is 1. The summed E-state index contributed by atoms with van der Waals surface area (Å²) in [6.07, 6.45) is 4.45. The third-order valence-corrected chi connectivity index (χ3v) is 6.53. The van der Waals surface area contributed by atoms with Crippen LogP contribution in [-0.4, -0.2) is 22.5 Å². The summed E-state index contributed by atoms with van der Waals surface area (Å²) in [5.74, 6) is -0.00755. The van der Waals surface area contributed by atoms with Gasteiger partial charge in [0, 0.05) is 17.0 Å². The van der Waals surface area contributed by atoms with Crippen molar-refractivity contribution in [3.63, 3.8) is 0 Å². The van der Waals surface area contributed by atoms with Crippen molar-refractivity contribution in [1.82, 2.24) is 10.3 Å². The second-order valence-electron chi connectivity index (χ2n) is 6.79. The van der Waals surface area contributed by atoms with Gasteiger partial charge >= 0.3 is 6.03 Å². The molecule has 0 unspecified atom stereocenters. The van der Waals surface area contributed by atoms with Gasteiger partial charge in [-0.2, -0.15) is 0 Å². The zero-order valence-electron chi connectivity index (χ0n) is 13.6. The largest absolute Gasteiger partial charge is 0.329 e. The van der Waals surface area contributed by atoms with Gasteiger partial charge in [-0.25, -0.2) is 9.69 Å². The summed E-state index contributed by atoms with van der Waals surface area (Å²) in [5.41, 5.74) is 0.762. The molecule has 0 atom stereocenters. The molecule has 3 aromatic rings. The molecule has 1 spiro atoms. The van der Waals surface area contributed by atoms with E-state index in [-0.39, 0.29) is 17.9 Å². The van der Waals surface area contributed by atoms with Crippen LogP contribution in [-0.2, 0) is 4.79 Å². The zero-order valence-corrected chi connectivity index (χ0v) is 15.2. The normalized spacial score (nSPS) is 25.0. The second-order valence-corrected chi connectivity index (χ2v) is 8.31. The van der Waals surface area contributed by atoms with Gasteiger partial charge in [-0.15, -0.1) is 11.3 Å². The maximum Gasteiger partial charge on any atom is 0.329 e. The molecule has 7 heteroatoms. The van der Waals surface area contributed by atoms with Crippen molar-refractivity contribution < 1.29 is 9.59 Å². The molecule has 26 heavy (non-hydrogen) atoms. The number of fused-ring (bicyclic) bond motifs is 1. The molecular formula is C19H14ClN3O2S. The monoisotopic (exact) mass is 383 g/mol. The molecule has 1 saturated carbocycles. The van der Waals surface area contributed by atoms with E-state index < -0.39 is 5.54 Å². The molecule has 5 rings (SSSR count).